The Bertz CT molecular complexity index is 470. The number of ether oxygens (including phenoxy) is 1. The summed E-state index contributed by atoms with van der Waals surface area (Å²) in [6.07, 6.45) is 0. The molecule has 0 unspecified atom stereocenters. The average Bonchev–Trinajstić information content (AvgIpc) is 2.70. The van der Waals surface area contributed by atoms with Gasteiger partial charge in [0.25, 0.3) is 0 Å². The minimum atomic E-state index is -0.886. The molecule has 19 heavy (non-hydrogen) atoms. The number of rotatable bonds is 2. The number of nitriles is 4. The molecule has 0 N–H and O–H groups in total. The van der Waals surface area contributed by atoms with Crippen molar-refractivity contribution < 1.29 is 39.1 Å². The fraction of sp³-hybridized carbons (Fsp3) is 0.167. The maximum Gasteiger partial charge on any atom is 1.00 e. The van der Waals surface area contributed by atoms with Crippen LogP contribution in [0.3, 0.4) is 0 Å². The molecule has 1 aliphatic carbocycles. The molecule has 5 radical (unpaired) electrons. The van der Waals surface area contributed by atoms with E-state index in [1.165, 1.54) is 0 Å². The summed E-state index contributed by atoms with van der Waals surface area (Å²) in [5.41, 5.74) is 0. The second-order valence-electron chi connectivity index (χ2n) is 3.04. The molecule has 0 heterocycles. The Hall–Kier alpha value is -1.57. The third kappa shape index (κ3) is 3.06. The van der Waals surface area contributed by atoms with Gasteiger partial charge in [-0.05, 0) is 6.92 Å². The third-order valence-electron chi connectivity index (χ3n) is 2.18. The minimum Gasteiger partial charge on any atom is -0.465 e. The van der Waals surface area contributed by atoms with Crippen molar-refractivity contribution >= 4 is 5.97 Å². The van der Waals surface area contributed by atoms with Crippen molar-refractivity contribution in [1.29, 1.82) is 21.0 Å². The van der Waals surface area contributed by atoms with E-state index in [0.29, 0.717) is 0 Å². The largest absolute Gasteiger partial charge is 1.00 e. The predicted molar refractivity (Wildman–Crippen MR) is 55.3 cm³/mol. The Morgan fingerprint density at radius 2 is 1.32 bits per heavy atom. The van der Waals surface area contributed by atoms with Gasteiger partial charge in [-0.3, -0.25) is 4.79 Å². The number of hydrogen-bond donors (Lipinski definition) is 0. The van der Waals surface area contributed by atoms with Crippen molar-refractivity contribution in [2.24, 2.45) is 0 Å². The van der Waals surface area contributed by atoms with Gasteiger partial charge in [0.15, 0.2) is 0 Å². The molecule has 0 saturated heterocycles. The summed E-state index contributed by atoms with van der Waals surface area (Å²) in [6.45, 7) is 1.62. The Labute approximate surface area is 133 Å². The van der Waals surface area contributed by atoms with Gasteiger partial charge in [-0.2, -0.15) is 21.0 Å². The van der Waals surface area contributed by atoms with Crippen LogP contribution in [0.15, 0.2) is 0 Å². The van der Waals surface area contributed by atoms with E-state index in [1.807, 2.05) is 0 Å². The Balaban J connectivity index is 0.00000324. The van der Waals surface area contributed by atoms with Gasteiger partial charge < -0.3 is 4.74 Å². The molecule has 0 aromatic heterocycles. The van der Waals surface area contributed by atoms with Gasteiger partial charge in [-0.25, -0.2) is 0 Å². The summed E-state index contributed by atoms with van der Waals surface area (Å²) in [5, 5.41) is 35.7. The van der Waals surface area contributed by atoms with Crippen molar-refractivity contribution in [3.8, 4) is 24.3 Å². The third-order valence-corrected chi connectivity index (χ3v) is 2.18. The standard InChI is InChI=1S/C12H5N4O2.Na/c1-2-18-12(17)11-9(5-15)7(3-13)8(4-14)10(11)6-16;/h2H2,1H3;/q;+1. The second kappa shape index (κ2) is 7.78. The van der Waals surface area contributed by atoms with Gasteiger partial charge in [0.05, 0.1) is 30.9 Å². The topological polar surface area (TPSA) is 121 Å². The van der Waals surface area contributed by atoms with Crippen molar-refractivity contribution in [3.05, 3.63) is 29.6 Å². The zero-order valence-corrected chi connectivity index (χ0v) is 12.3. The van der Waals surface area contributed by atoms with Gasteiger partial charge in [-0.1, -0.05) is 0 Å². The fourth-order valence-corrected chi connectivity index (χ4v) is 1.48. The first-order valence-electron chi connectivity index (χ1n) is 4.80. The summed E-state index contributed by atoms with van der Waals surface area (Å²) in [7, 11) is 0. The van der Waals surface area contributed by atoms with Crippen LogP contribution in [0.25, 0.3) is 0 Å². The SMILES string of the molecule is CCOC(=O)[C]1[C](C#N)[C](C#N)[C](C#N)[C]1C#N.[Na+]. The van der Waals surface area contributed by atoms with Crippen LogP contribution in [-0.2, 0) is 9.53 Å². The molecule has 0 aliphatic heterocycles. The van der Waals surface area contributed by atoms with E-state index in [4.69, 9.17) is 25.8 Å². The molecule has 85 valence electrons. The van der Waals surface area contributed by atoms with E-state index in [1.54, 1.807) is 31.2 Å². The molecule has 1 aliphatic rings. The maximum absolute atomic E-state index is 11.7. The zero-order valence-electron chi connectivity index (χ0n) is 10.3. The van der Waals surface area contributed by atoms with Gasteiger partial charge in [0.2, 0.25) is 0 Å². The van der Waals surface area contributed by atoms with Gasteiger partial charge in [-0.15, -0.1) is 0 Å². The second-order valence-corrected chi connectivity index (χ2v) is 3.04. The van der Waals surface area contributed by atoms with E-state index in [-0.39, 0.29) is 65.8 Å². The first-order chi connectivity index (χ1) is 8.65. The molecule has 0 spiro atoms. The molecule has 0 bridgehead atoms. The van der Waals surface area contributed by atoms with E-state index >= 15 is 0 Å². The molecular weight excluding hydrogens is 255 g/mol. The van der Waals surface area contributed by atoms with E-state index in [9.17, 15) is 4.79 Å². The van der Waals surface area contributed by atoms with Crippen LogP contribution in [0.2, 0.25) is 0 Å². The number of esters is 1. The number of carbonyl (C=O) groups excluding carboxylic acids is 1. The quantitative estimate of drug-likeness (QED) is 0.400. The summed E-state index contributed by atoms with van der Waals surface area (Å²) < 4.78 is 4.71. The van der Waals surface area contributed by atoms with E-state index < -0.39 is 5.97 Å². The van der Waals surface area contributed by atoms with Gasteiger partial charge in [0.1, 0.15) is 29.6 Å². The van der Waals surface area contributed by atoms with Crippen LogP contribution in [0.4, 0.5) is 0 Å². The van der Waals surface area contributed by atoms with E-state index in [0.717, 1.165) is 0 Å². The van der Waals surface area contributed by atoms with Gasteiger partial charge >= 0.3 is 35.5 Å². The van der Waals surface area contributed by atoms with Crippen molar-refractivity contribution in [2.75, 3.05) is 6.61 Å². The van der Waals surface area contributed by atoms with Crippen LogP contribution < -0.4 is 29.6 Å². The van der Waals surface area contributed by atoms with Gasteiger partial charge in [0, 0.05) is 0 Å². The monoisotopic (exact) mass is 260 g/mol. The molecule has 6 nitrogen and oxygen atoms in total. The van der Waals surface area contributed by atoms with Crippen LogP contribution in [0.5, 0.6) is 0 Å². The molecule has 1 fully saturated rings. The number of nitrogens with zero attached hydrogens (tertiary/aromatic N) is 4. The molecule has 7 heteroatoms. The minimum absolute atomic E-state index is 0. The van der Waals surface area contributed by atoms with Crippen molar-refractivity contribution in [3.63, 3.8) is 0 Å². The smallest absolute Gasteiger partial charge is 0.465 e. The molecular formula is C12H5N4NaO2+. The molecule has 0 aromatic rings. The Kier molecular flexibility index (Phi) is 7.13. The summed E-state index contributed by atoms with van der Waals surface area (Å²) in [6, 6.07) is 6.63. The molecule has 0 aromatic carbocycles. The van der Waals surface area contributed by atoms with Crippen molar-refractivity contribution in [1.82, 2.24) is 0 Å². The first-order valence-corrected chi connectivity index (χ1v) is 4.80. The summed E-state index contributed by atoms with van der Waals surface area (Å²) >= 11 is 0. The average molecular weight is 260 g/mol. The summed E-state index contributed by atoms with van der Waals surface area (Å²) in [5.74, 6) is -2.30. The van der Waals surface area contributed by atoms with Crippen LogP contribution in [0.1, 0.15) is 6.92 Å². The van der Waals surface area contributed by atoms with E-state index in [2.05, 4.69) is 0 Å². The predicted octanol–water partition coefficient (Wildman–Crippen LogP) is -2.47. The Morgan fingerprint density at radius 1 is 0.947 bits per heavy atom. The molecule has 1 saturated carbocycles. The van der Waals surface area contributed by atoms with Crippen LogP contribution in [-0.4, -0.2) is 12.6 Å². The normalized spacial score (nSPS) is 17.5. The van der Waals surface area contributed by atoms with Crippen LogP contribution >= 0.6 is 0 Å². The Morgan fingerprint density at radius 3 is 1.58 bits per heavy atom. The summed E-state index contributed by atoms with van der Waals surface area (Å²) in [4.78, 5) is 11.7. The number of carbonyl (C=O) groups is 1. The molecule has 0 atom stereocenters. The van der Waals surface area contributed by atoms with Crippen LogP contribution in [0, 0.1) is 74.9 Å². The first kappa shape index (κ1) is 17.4. The molecule has 1 rings (SSSR count). The zero-order chi connectivity index (χ0) is 13.7. The number of hydrogen-bond acceptors (Lipinski definition) is 6. The fourth-order valence-electron chi connectivity index (χ4n) is 1.48. The molecule has 0 amide bonds. The maximum atomic E-state index is 11.7. The van der Waals surface area contributed by atoms with Crippen molar-refractivity contribution in [2.45, 2.75) is 6.92 Å².